The summed E-state index contributed by atoms with van der Waals surface area (Å²) in [5.74, 6) is -0.719. The summed E-state index contributed by atoms with van der Waals surface area (Å²) in [5, 5.41) is -0.316. The maximum absolute atomic E-state index is 14.2. The van der Waals surface area contributed by atoms with Gasteiger partial charge in [-0.05, 0) is 63.1 Å². The fourth-order valence-corrected chi connectivity index (χ4v) is 4.34. The number of nitrogens with zero attached hydrogens (tertiary/aromatic N) is 1. The van der Waals surface area contributed by atoms with E-state index in [1.54, 1.807) is 20.8 Å². The number of aryl methyl sites for hydroxylation is 1. The predicted molar refractivity (Wildman–Crippen MR) is 124 cm³/mol. The number of ether oxygens (including phenoxy) is 2. The molecule has 1 saturated heterocycles. The minimum atomic E-state index is -5.16. The van der Waals surface area contributed by atoms with Crippen molar-refractivity contribution >= 4 is 41.0 Å². The summed E-state index contributed by atoms with van der Waals surface area (Å²) in [6.07, 6.45) is -12.3. The monoisotopic (exact) mass is 571 g/mol. The largest absolute Gasteiger partial charge is 0.460 e. The van der Waals surface area contributed by atoms with Crippen molar-refractivity contribution in [3.8, 4) is 0 Å². The standard InChI is InChI=1S/C24H21Cl2F6NO4/c1-21(2,3)36-19(34)7-5-13-4-6-17(11-18(13)23(27,28)29)33-12-22(24(30,31)32,37-20(33)35)14-8-15(25)10-16(26)9-14/h4,6,8-11H,5,7,12H2,1-3H3. The number of hydrogen-bond acceptors (Lipinski definition) is 4. The van der Waals surface area contributed by atoms with Gasteiger partial charge in [0.2, 0.25) is 0 Å². The first-order chi connectivity index (χ1) is 16.8. The molecule has 13 heteroatoms. The number of amides is 1. The van der Waals surface area contributed by atoms with Crippen LogP contribution in [-0.2, 0) is 32.5 Å². The molecule has 1 unspecified atom stereocenters. The average Bonchev–Trinajstić information content (AvgIpc) is 3.08. The second kappa shape index (κ2) is 9.90. The fraction of sp³-hybridized carbons (Fsp3) is 0.417. The normalized spacial score (nSPS) is 18.7. The molecule has 0 aliphatic carbocycles. The molecule has 0 saturated carbocycles. The number of esters is 1. The highest BCUT2D eigenvalue weighted by Gasteiger charge is 2.65. The van der Waals surface area contributed by atoms with Crippen LogP contribution in [-0.4, -0.2) is 30.4 Å². The van der Waals surface area contributed by atoms with Crippen molar-refractivity contribution in [1.29, 1.82) is 0 Å². The molecule has 2 aromatic carbocycles. The Hall–Kier alpha value is -2.66. The highest BCUT2D eigenvalue weighted by atomic mass is 35.5. The van der Waals surface area contributed by atoms with Crippen molar-refractivity contribution < 1.29 is 45.4 Å². The van der Waals surface area contributed by atoms with Crippen molar-refractivity contribution in [3.05, 3.63) is 63.1 Å². The van der Waals surface area contributed by atoms with E-state index >= 15 is 0 Å². The minimum Gasteiger partial charge on any atom is -0.460 e. The van der Waals surface area contributed by atoms with E-state index in [4.69, 9.17) is 32.7 Å². The van der Waals surface area contributed by atoms with Crippen LogP contribution in [0.2, 0.25) is 10.0 Å². The summed E-state index contributed by atoms with van der Waals surface area (Å²) in [4.78, 5) is 25.0. The molecule has 37 heavy (non-hydrogen) atoms. The smallest absolute Gasteiger partial charge is 0.434 e. The summed E-state index contributed by atoms with van der Waals surface area (Å²) in [6.45, 7) is 3.64. The number of benzene rings is 2. The van der Waals surface area contributed by atoms with Gasteiger partial charge in [-0.2, -0.15) is 26.3 Å². The molecule has 1 aliphatic rings. The number of anilines is 1. The lowest BCUT2D eigenvalue weighted by molar-refractivity contribution is -0.250. The highest BCUT2D eigenvalue weighted by Crippen LogP contribution is 2.49. The molecule has 0 bridgehead atoms. The van der Waals surface area contributed by atoms with Crippen LogP contribution in [0.5, 0.6) is 0 Å². The Morgan fingerprint density at radius 3 is 2.14 bits per heavy atom. The first kappa shape index (κ1) is 28.9. The Morgan fingerprint density at radius 2 is 1.62 bits per heavy atom. The second-order valence-corrected chi connectivity index (χ2v) is 10.2. The van der Waals surface area contributed by atoms with Crippen molar-refractivity contribution in [3.63, 3.8) is 0 Å². The van der Waals surface area contributed by atoms with E-state index in [1.807, 2.05) is 0 Å². The lowest BCUT2D eigenvalue weighted by atomic mass is 9.92. The minimum absolute atomic E-state index is 0.158. The summed E-state index contributed by atoms with van der Waals surface area (Å²) in [5.41, 5.74) is -6.62. The van der Waals surface area contributed by atoms with Crippen molar-refractivity contribution in [2.45, 2.75) is 57.2 Å². The number of carbonyl (C=O) groups excluding carboxylic acids is 2. The van der Waals surface area contributed by atoms with Crippen LogP contribution in [0, 0.1) is 0 Å². The third kappa shape index (κ3) is 6.43. The van der Waals surface area contributed by atoms with E-state index in [0.29, 0.717) is 11.0 Å². The average molecular weight is 572 g/mol. The summed E-state index contributed by atoms with van der Waals surface area (Å²) in [7, 11) is 0. The Morgan fingerprint density at radius 1 is 1.03 bits per heavy atom. The number of hydrogen-bond donors (Lipinski definition) is 0. The van der Waals surface area contributed by atoms with Crippen LogP contribution < -0.4 is 4.90 Å². The third-order valence-electron chi connectivity index (χ3n) is 5.38. The van der Waals surface area contributed by atoms with E-state index in [2.05, 4.69) is 0 Å². The molecule has 0 spiro atoms. The van der Waals surface area contributed by atoms with Crippen molar-refractivity contribution in [2.75, 3.05) is 11.4 Å². The quantitative estimate of drug-likeness (QED) is 0.272. The first-order valence-corrected chi connectivity index (χ1v) is 11.5. The summed E-state index contributed by atoms with van der Waals surface area (Å²) >= 11 is 11.7. The highest BCUT2D eigenvalue weighted by molar-refractivity contribution is 6.34. The lowest BCUT2D eigenvalue weighted by Crippen LogP contribution is -2.46. The van der Waals surface area contributed by atoms with Gasteiger partial charge < -0.3 is 9.47 Å². The number of alkyl halides is 6. The van der Waals surface area contributed by atoms with Crippen LogP contribution in [0.25, 0.3) is 0 Å². The molecule has 0 radical (unpaired) electrons. The molecule has 1 aliphatic heterocycles. The number of carbonyl (C=O) groups is 2. The second-order valence-electron chi connectivity index (χ2n) is 9.36. The Kier molecular flexibility index (Phi) is 7.74. The Labute approximate surface area is 218 Å². The molecule has 1 amide bonds. The topological polar surface area (TPSA) is 55.8 Å². The summed E-state index contributed by atoms with van der Waals surface area (Å²) in [6, 6.07) is 5.61. The zero-order valence-corrected chi connectivity index (χ0v) is 21.2. The molecule has 202 valence electrons. The van der Waals surface area contributed by atoms with Gasteiger partial charge in [0.05, 0.1) is 12.1 Å². The summed E-state index contributed by atoms with van der Waals surface area (Å²) < 4.78 is 94.1. The van der Waals surface area contributed by atoms with E-state index in [9.17, 15) is 35.9 Å². The van der Waals surface area contributed by atoms with Crippen molar-refractivity contribution in [1.82, 2.24) is 0 Å². The molecule has 5 nitrogen and oxygen atoms in total. The number of cyclic esters (lactones) is 1. The molecule has 0 aromatic heterocycles. The molecular formula is C24H21Cl2F6NO4. The molecular weight excluding hydrogens is 551 g/mol. The van der Waals surface area contributed by atoms with Crippen molar-refractivity contribution in [2.24, 2.45) is 0 Å². The van der Waals surface area contributed by atoms with Crippen LogP contribution in [0.3, 0.4) is 0 Å². The zero-order chi connectivity index (χ0) is 28.0. The Bertz CT molecular complexity index is 1190. The molecule has 1 heterocycles. The molecule has 0 N–H and O–H groups in total. The molecule has 1 fully saturated rings. The lowest BCUT2D eigenvalue weighted by Gasteiger charge is -2.30. The van der Waals surface area contributed by atoms with Gasteiger partial charge in [-0.15, -0.1) is 0 Å². The van der Waals surface area contributed by atoms with Crippen LogP contribution in [0.1, 0.15) is 43.9 Å². The van der Waals surface area contributed by atoms with Gasteiger partial charge in [-0.3, -0.25) is 9.69 Å². The van der Waals surface area contributed by atoms with Gasteiger partial charge in [0, 0.05) is 27.7 Å². The van der Waals surface area contributed by atoms with Gasteiger partial charge in [0.25, 0.3) is 5.60 Å². The van der Waals surface area contributed by atoms with Crippen LogP contribution in [0.4, 0.5) is 36.8 Å². The van der Waals surface area contributed by atoms with E-state index < -0.39 is 59.0 Å². The van der Waals surface area contributed by atoms with Crippen LogP contribution in [0.15, 0.2) is 36.4 Å². The van der Waals surface area contributed by atoms with E-state index in [1.165, 1.54) is 6.07 Å². The molecule has 2 aromatic rings. The number of rotatable bonds is 5. The Balaban J connectivity index is 1.98. The van der Waals surface area contributed by atoms with Gasteiger partial charge in [-0.1, -0.05) is 29.3 Å². The SMILES string of the molecule is CC(C)(C)OC(=O)CCc1ccc(N2CC(c3cc(Cl)cc(Cl)c3)(C(F)(F)F)OC2=O)cc1C(F)(F)F. The maximum Gasteiger partial charge on any atom is 0.434 e. The van der Waals surface area contributed by atoms with Crippen LogP contribution >= 0.6 is 23.2 Å². The fourth-order valence-electron chi connectivity index (χ4n) is 3.81. The molecule has 3 rings (SSSR count). The number of halogens is 8. The van der Waals surface area contributed by atoms with E-state index in [0.717, 1.165) is 24.3 Å². The van der Waals surface area contributed by atoms with E-state index in [-0.39, 0.29) is 28.5 Å². The van der Waals surface area contributed by atoms with Gasteiger partial charge >= 0.3 is 24.4 Å². The first-order valence-electron chi connectivity index (χ1n) is 10.8. The molecule has 1 atom stereocenters. The predicted octanol–water partition coefficient (Wildman–Crippen LogP) is 7.70. The third-order valence-corrected chi connectivity index (χ3v) is 5.81. The maximum atomic E-state index is 14.2. The van der Waals surface area contributed by atoms with Gasteiger partial charge in [0.1, 0.15) is 5.60 Å². The van der Waals surface area contributed by atoms with Gasteiger partial charge in [0.15, 0.2) is 0 Å². The zero-order valence-electron chi connectivity index (χ0n) is 19.7. The van der Waals surface area contributed by atoms with Gasteiger partial charge in [-0.25, -0.2) is 4.79 Å².